The monoisotopic (exact) mass is 293 g/mol. The lowest BCUT2D eigenvalue weighted by Gasteiger charge is -2.39. The Hall–Kier alpha value is -1.62. The van der Waals surface area contributed by atoms with Crippen molar-refractivity contribution in [2.24, 2.45) is 0 Å². The Balaban J connectivity index is 2.25. The van der Waals surface area contributed by atoms with E-state index in [9.17, 15) is 9.59 Å². The van der Waals surface area contributed by atoms with Crippen LogP contribution in [-0.4, -0.2) is 34.0 Å². The minimum atomic E-state index is -1.01. The Bertz CT molecular complexity index is 525. The van der Waals surface area contributed by atoms with Gasteiger partial charge in [0.2, 0.25) is 0 Å². The van der Waals surface area contributed by atoms with E-state index in [0.29, 0.717) is 10.4 Å². The summed E-state index contributed by atoms with van der Waals surface area (Å²) < 4.78 is 0. The third-order valence-corrected chi connectivity index (χ3v) is 4.64. The summed E-state index contributed by atoms with van der Waals surface area (Å²) in [5.41, 5.74) is 0.687. The highest BCUT2D eigenvalue weighted by molar-refractivity contribution is 7.12. The number of nitrogens with zero attached hydrogens (tertiary/aromatic N) is 1. The van der Waals surface area contributed by atoms with Crippen molar-refractivity contribution < 1.29 is 14.7 Å². The minimum Gasteiger partial charge on any atom is -0.478 e. The maximum Gasteiger partial charge on any atom is 0.328 e. The van der Waals surface area contributed by atoms with Crippen molar-refractivity contribution in [1.29, 1.82) is 0 Å². The lowest BCUT2D eigenvalue weighted by atomic mass is 9.97. The molecule has 5 heteroatoms. The molecule has 1 saturated heterocycles. The number of rotatable bonds is 3. The number of carboxylic acid groups (broad SMARTS) is 1. The van der Waals surface area contributed by atoms with Crippen LogP contribution >= 0.6 is 11.3 Å². The van der Waals surface area contributed by atoms with Gasteiger partial charge in [0, 0.05) is 18.2 Å². The summed E-state index contributed by atoms with van der Waals surface area (Å²) in [5.74, 6) is -0.987. The van der Waals surface area contributed by atoms with Crippen LogP contribution in [0.1, 0.15) is 48.3 Å². The van der Waals surface area contributed by atoms with E-state index in [2.05, 4.69) is 13.8 Å². The van der Waals surface area contributed by atoms with Crippen molar-refractivity contribution in [1.82, 2.24) is 4.90 Å². The predicted octanol–water partition coefficient (Wildman–Crippen LogP) is 3.25. The van der Waals surface area contributed by atoms with E-state index in [4.69, 9.17) is 5.11 Å². The molecule has 108 valence electrons. The average Bonchev–Trinajstić information content (AvgIpc) is 2.84. The van der Waals surface area contributed by atoms with Crippen molar-refractivity contribution in [2.75, 3.05) is 0 Å². The summed E-state index contributed by atoms with van der Waals surface area (Å²) in [4.78, 5) is 25.9. The molecular weight excluding hydrogens is 274 g/mol. The zero-order valence-electron chi connectivity index (χ0n) is 11.7. The van der Waals surface area contributed by atoms with E-state index in [1.54, 1.807) is 6.07 Å². The molecule has 1 fully saturated rings. The van der Waals surface area contributed by atoms with Crippen molar-refractivity contribution in [3.05, 3.63) is 28.0 Å². The quantitative estimate of drug-likeness (QED) is 0.870. The molecule has 2 unspecified atom stereocenters. The van der Waals surface area contributed by atoms with E-state index < -0.39 is 5.97 Å². The molecule has 0 saturated carbocycles. The average molecular weight is 293 g/mol. The third-order valence-electron chi connectivity index (χ3n) is 3.72. The lowest BCUT2D eigenvalue weighted by molar-refractivity contribution is -0.131. The highest BCUT2D eigenvalue weighted by atomic mass is 32.1. The van der Waals surface area contributed by atoms with Crippen molar-refractivity contribution in [2.45, 2.75) is 45.2 Å². The number of carbonyl (C=O) groups is 2. The fourth-order valence-corrected chi connectivity index (χ4v) is 3.55. The number of hydrogen-bond acceptors (Lipinski definition) is 3. The predicted molar refractivity (Wildman–Crippen MR) is 79.9 cm³/mol. The molecule has 0 spiro atoms. The minimum absolute atomic E-state index is 0.0183. The van der Waals surface area contributed by atoms with E-state index in [1.807, 2.05) is 10.3 Å². The van der Waals surface area contributed by atoms with E-state index in [-0.39, 0.29) is 18.0 Å². The molecule has 1 aromatic rings. The highest BCUT2D eigenvalue weighted by Gasteiger charge is 2.30. The molecule has 0 aliphatic carbocycles. The number of amides is 1. The van der Waals surface area contributed by atoms with Gasteiger partial charge in [0.05, 0.1) is 4.88 Å². The standard InChI is InChI=1S/C15H19NO3S/c1-10-4-3-5-11(2)16(10)15(19)14-12(8-9-20-14)6-7-13(17)18/h6-11H,3-5H2,1-2H3,(H,17,18). The largest absolute Gasteiger partial charge is 0.478 e. The third kappa shape index (κ3) is 3.10. The van der Waals surface area contributed by atoms with E-state index in [0.717, 1.165) is 25.3 Å². The van der Waals surface area contributed by atoms with Crippen LogP contribution in [0.2, 0.25) is 0 Å². The molecule has 2 heterocycles. The second-order valence-corrected chi connectivity index (χ2v) is 6.13. The summed E-state index contributed by atoms with van der Waals surface area (Å²) in [6.45, 7) is 4.15. The summed E-state index contributed by atoms with van der Waals surface area (Å²) >= 11 is 1.37. The Kier molecular flexibility index (Phi) is 4.60. The zero-order chi connectivity index (χ0) is 14.7. The first kappa shape index (κ1) is 14.8. The Morgan fingerprint density at radius 1 is 1.35 bits per heavy atom. The molecule has 0 radical (unpaired) electrons. The van der Waals surface area contributed by atoms with Gasteiger partial charge in [0.25, 0.3) is 5.91 Å². The van der Waals surface area contributed by atoms with Gasteiger partial charge in [-0.3, -0.25) is 4.79 Å². The summed E-state index contributed by atoms with van der Waals surface area (Å²) in [5, 5.41) is 10.5. The first-order valence-corrected chi connectivity index (χ1v) is 7.70. The number of piperidine rings is 1. The molecule has 0 bridgehead atoms. The van der Waals surface area contributed by atoms with Crippen molar-refractivity contribution >= 4 is 29.3 Å². The molecule has 1 N–H and O–H groups in total. The van der Waals surface area contributed by atoms with Crippen LogP contribution in [0.15, 0.2) is 17.5 Å². The second kappa shape index (κ2) is 6.22. The number of carboxylic acids is 1. The van der Waals surface area contributed by atoms with Gasteiger partial charge in [0.15, 0.2) is 0 Å². The number of thiophene rings is 1. The van der Waals surface area contributed by atoms with Crippen LogP contribution in [0.3, 0.4) is 0 Å². The second-order valence-electron chi connectivity index (χ2n) is 5.22. The Labute approximate surface area is 122 Å². The van der Waals surface area contributed by atoms with E-state index >= 15 is 0 Å². The Morgan fingerprint density at radius 2 is 2.00 bits per heavy atom. The number of likely N-dealkylation sites (tertiary alicyclic amines) is 1. The van der Waals surface area contributed by atoms with Gasteiger partial charge in [-0.2, -0.15) is 0 Å². The van der Waals surface area contributed by atoms with Crippen LogP contribution < -0.4 is 0 Å². The summed E-state index contributed by atoms with van der Waals surface area (Å²) in [7, 11) is 0. The molecule has 4 nitrogen and oxygen atoms in total. The maximum absolute atomic E-state index is 12.7. The summed E-state index contributed by atoms with van der Waals surface area (Å²) in [6, 6.07) is 2.27. The van der Waals surface area contributed by atoms with Crippen molar-refractivity contribution in [3.8, 4) is 0 Å². The normalized spacial score (nSPS) is 23.2. The maximum atomic E-state index is 12.7. The SMILES string of the molecule is CC1CCCC(C)N1C(=O)c1sccc1C=CC(=O)O. The number of carbonyl (C=O) groups excluding carboxylic acids is 1. The lowest BCUT2D eigenvalue weighted by Crippen LogP contribution is -2.47. The molecular formula is C15H19NO3S. The number of aliphatic carboxylic acids is 1. The van der Waals surface area contributed by atoms with Gasteiger partial charge in [-0.05, 0) is 56.2 Å². The van der Waals surface area contributed by atoms with Crippen LogP contribution in [-0.2, 0) is 4.79 Å². The molecule has 2 atom stereocenters. The van der Waals surface area contributed by atoms with Gasteiger partial charge in [-0.1, -0.05) is 0 Å². The van der Waals surface area contributed by atoms with Gasteiger partial charge < -0.3 is 10.0 Å². The van der Waals surface area contributed by atoms with Gasteiger partial charge in [0.1, 0.15) is 0 Å². The fourth-order valence-electron chi connectivity index (χ4n) is 2.72. The fraction of sp³-hybridized carbons (Fsp3) is 0.467. The first-order chi connectivity index (χ1) is 9.50. The van der Waals surface area contributed by atoms with Gasteiger partial charge >= 0.3 is 5.97 Å². The molecule has 0 aromatic carbocycles. The molecule has 20 heavy (non-hydrogen) atoms. The zero-order valence-corrected chi connectivity index (χ0v) is 12.5. The van der Waals surface area contributed by atoms with Crippen LogP contribution in [0.4, 0.5) is 0 Å². The molecule has 1 aromatic heterocycles. The summed E-state index contributed by atoms with van der Waals surface area (Å²) in [6.07, 6.45) is 5.78. The smallest absolute Gasteiger partial charge is 0.328 e. The molecule has 1 aliphatic rings. The van der Waals surface area contributed by atoms with Crippen LogP contribution in [0, 0.1) is 0 Å². The highest BCUT2D eigenvalue weighted by Crippen LogP contribution is 2.28. The molecule has 1 aliphatic heterocycles. The molecule has 2 rings (SSSR count). The van der Waals surface area contributed by atoms with Crippen LogP contribution in [0.5, 0.6) is 0 Å². The topological polar surface area (TPSA) is 57.6 Å². The van der Waals surface area contributed by atoms with Gasteiger partial charge in [-0.15, -0.1) is 11.3 Å². The molecule has 1 amide bonds. The van der Waals surface area contributed by atoms with E-state index in [1.165, 1.54) is 17.4 Å². The Morgan fingerprint density at radius 3 is 2.60 bits per heavy atom. The van der Waals surface area contributed by atoms with Crippen LogP contribution in [0.25, 0.3) is 6.08 Å². The first-order valence-electron chi connectivity index (χ1n) is 6.82. The van der Waals surface area contributed by atoms with Gasteiger partial charge in [-0.25, -0.2) is 4.79 Å². The van der Waals surface area contributed by atoms with Crippen molar-refractivity contribution in [3.63, 3.8) is 0 Å². The number of hydrogen-bond donors (Lipinski definition) is 1.